The number of rotatable bonds is 5. The third-order valence-corrected chi connectivity index (χ3v) is 3.77. The van der Waals surface area contributed by atoms with Gasteiger partial charge in [-0.2, -0.15) is 0 Å². The molecule has 0 N–H and O–H groups in total. The van der Waals surface area contributed by atoms with E-state index < -0.39 is 0 Å². The standard InChI is InChI=1S/C16H29N/c1-4-13-17(3)14-7-5-6-8-16-11-9-15(2)10-12-16/h15-16H,4-5,7,9-14H2,1-3H3. The molecule has 17 heavy (non-hydrogen) atoms. The van der Waals surface area contributed by atoms with Gasteiger partial charge in [-0.15, -0.1) is 5.92 Å². The summed E-state index contributed by atoms with van der Waals surface area (Å²) >= 11 is 0. The molecule has 0 bridgehead atoms. The zero-order chi connectivity index (χ0) is 12.5. The summed E-state index contributed by atoms with van der Waals surface area (Å²) in [5, 5.41) is 0. The van der Waals surface area contributed by atoms with Crippen LogP contribution in [0.25, 0.3) is 0 Å². The summed E-state index contributed by atoms with van der Waals surface area (Å²) in [5.41, 5.74) is 0. The molecule has 1 nitrogen and oxygen atoms in total. The van der Waals surface area contributed by atoms with Crippen LogP contribution < -0.4 is 0 Å². The zero-order valence-electron chi connectivity index (χ0n) is 12.0. The largest absolute Gasteiger partial charge is 0.306 e. The van der Waals surface area contributed by atoms with E-state index in [1.165, 1.54) is 51.6 Å². The fraction of sp³-hybridized carbons (Fsp3) is 0.875. The average molecular weight is 235 g/mol. The first-order valence-corrected chi connectivity index (χ1v) is 7.39. The molecule has 1 saturated carbocycles. The normalized spacial score (nSPS) is 24.5. The van der Waals surface area contributed by atoms with Crippen molar-refractivity contribution in [3.05, 3.63) is 0 Å². The van der Waals surface area contributed by atoms with Crippen LogP contribution in [0.5, 0.6) is 0 Å². The molecule has 0 heterocycles. The molecule has 1 aliphatic carbocycles. The highest BCUT2D eigenvalue weighted by atomic mass is 15.1. The highest BCUT2D eigenvalue weighted by Gasteiger charge is 2.15. The number of hydrogen-bond acceptors (Lipinski definition) is 1. The van der Waals surface area contributed by atoms with Crippen molar-refractivity contribution in [3.63, 3.8) is 0 Å². The first-order valence-electron chi connectivity index (χ1n) is 7.39. The van der Waals surface area contributed by atoms with Crippen LogP contribution >= 0.6 is 0 Å². The predicted octanol–water partition coefficient (Wildman–Crippen LogP) is 3.94. The Kier molecular flexibility index (Phi) is 7.37. The molecule has 0 aromatic heterocycles. The molecule has 1 aliphatic rings. The van der Waals surface area contributed by atoms with Crippen LogP contribution in [0.1, 0.15) is 58.8 Å². The smallest absolute Gasteiger partial charge is 0.0203 e. The molecule has 1 heteroatoms. The SMILES string of the molecule is CCCN(C)CCCC#CC1CCC(C)CC1. The Labute approximate surface area is 108 Å². The molecular formula is C16H29N. The third kappa shape index (κ3) is 6.74. The molecule has 0 saturated heterocycles. The van der Waals surface area contributed by atoms with Crippen molar-refractivity contribution in [2.24, 2.45) is 11.8 Å². The fourth-order valence-electron chi connectivity index (χ4n) is 2.55. The number of nitrogens with zero attached hydrogens (tertiary/aromatic N) is 1. The molecule has 1 fully saturated rings. The van der Waals surface area contributed by atoms with Gasteiger partial charge in [0.15, 0.2) is 0 Å². The van der Waals surface area contributed by atoms with Gasteiger partial charge in [0.25, 0.3) is 0 Å². The summed E-state index contributed by atoms with van der Waals surface area (Å²) in [4.78, 5) is 2.41. The van der Waals surface area contributed by atoms with E-state index in [-0.39, 0.29) is 0 Å². The van der Waals surface area contributed by atoms with Gasteiger partial charge in [-0.05, 0) is 64.6 Å². The lowest BCUT2D eigenvalue weighted by molar-refractivity contribution is 0.331. The van der Waals surface area contributed by atoms with E-state index in [2.05, 4.69) is 37.6 Å². The third-order valence-electron chi connectivity index (χ3n) is 3.77. The van der Waals surface area contributed by atoms with Crippen molar-refractivity contribution in [1.82, 2.24) is 4.90 Å². The first kappa shape index (κ1) is 14.6. The highest BCUT2D eigenvalue weighted by molar-refractivity contribution is 5.04. The topological polar surface area (TPSA) is 3.24 Å². The maximum atomic E-state index is 3.48. The Hall–Kier alpha value is -0.480. The Morgan fingerprint density at radius 1 is 1.12 bits per heavy atom. The molecule has 0 aliphatic heterocycles. The van der Waals surface area contributed by atoms with E-state index in [0.29, 0.717) is 5.92 Å². The minimum absolute atomic E-state index is 0.708. The Bertz CT molecular complexity index is 240. The van der Waals surface area contributed by atoms with Crippen molar-refractivity contribution < 1.29 is 0 Å². The summed E-state index contributed by atoms with van der Waals surface area (Å²) in [6.45, 7) is 7.02. The molecule has 0 amide bonds. The van der Waals surface area contributed by atoms with Crippen LogP contribution in [-0.4, -0.2) is 25.0 Å². The minimum atomic E-state index is 0.708. The van der Waals surface area contributed by atoms with Crippen molar-refractivity contribution in [1.29, 1.82) is 0 Å². The second-order valence-corrected chi connectivity index (χ2v) is 5.68. The molecule has 0 spiro atoms. The molecule has 98 valence electrons. The second-order valence-electron chi connectivity index (χ2n) is 5.68. The van der Waals surface area contributed by atoms with Crippen molar-refractivity contribution >= 4 is 0 Å². The monoisotopic (exact) mass is 235 g/mol. The van der Waals surface area contributed by atoms with E-state index >= 15 is 0 Å². The quantitative estimate of drug-likeness (QED) is 0.515. The summed E-state index contributed by atoms with van der Waals surface area (Å²) in [5.74, 6) is 8.52. The molecular weight excluding hydrogens is 206 g/mol. The Balaban J connectivity index is 2.06. The van der Waals surface area contributed by atoms with Gasteiger partial charge in [0, 0.05) is 12.3 Å². The molecule has 0 atom stereocenters. The van der Waals surface area contributed by atoms with Gasteiger partial charge in [0.1, 0.15) is 0 Å². The maximum absolute atomic E-state index is 3.48. The lowest BCUT2D eigenvalue weighted by Crippen LogP contribution is -2.20. The molecule has 0 radical (unpaired) electrons. The summed E-state index contributed by atoms with van der Waals surface area (Å²) in [6, 6.07) is 0. The molecule has 1 rings (SSSR count). The second kappa shape index (κ2) is 8.59. The van der Waals surface area contributed by atoms with Gasteiger partial charge in [-0.25, -0.2) is 0 Å². The molecule has 0 unspecified atom stereocenters. The first-order chi connectivity index (χ1) is 8.22. The minimum Gasteiger partial charge on any atom is -0.306 e. The van der Waals surface area contributed by atoms with Crippen LogP contribution in [0.15, 0.2) is 0 Å². The van der Waals surface area contributed by atoms with E-state index in [4.69, 9.17) is 0 Å². The van der Waals surface area contributed by atoms with Gasteiger partial charge < -0.3 is 4.90 Å². The molecule has 0 aromatic carbocycles. The van der Waals surface area contributed by atoms with Crippen LogP contribution in [0.4, 0.5) is 0 Å². The van der Waals surface area contributed by atoms with Crippen LogP contribution in [-0.2, 0) is 0 Å². The Morgan fingerprint density at radius 2 is 1.82 bits per heavy atom. The van der Waals surface area contributed by atoms with Crippen molar-refractivity contribution in [2.75, 3.05) is 20.1 Å². The van der Waals surface area contributed by atoms with Gasteiger partial charge in [-0.3, -0.25) is 0 Å². The Morgan fingerprint density at radius 3 is 2.47 bits per heavy atom. The summed E-state index contributed by atoms with van der Waals surface area (Å²) in [7, 11) is 2.21. The molecule has 0 aromatic rings. The summed E-state index contributed by atoms with van der Waals surface area (Å²) < 4.78 is 0. The number of hydrogen-bond donors (Lipinski definition) is 0. The highest BCUT2D eigenvalue weighted by Crippen LogP contribution is 2.27. The number of unbranched alkanes of at least 4 members (excludes halogenated alkanes) is 1. The van der Waals surface area contributed by atoms with Gasteiger partial charge >= 0.3 is 0 Å². The zero-order valence-corrected chi connectivity index (χ0v) is 12.0. The van der Waals surface area contributed by atoms with Gasteiger partial charge in [-0.1, -0.05) is 19.8 Å². The van der Waals surface area contributed by atoms with Crippen LogP contribution in [0.2, 0.25) is 0 Å². The van der Waals surface area contributed by atoms with E-state index in [0.717, 1.165) is 12.3 Å². The van der Waals surface area contributed by atoms with Crippen LogP contribution in [0.3, 0.4) is 0 Å². The van der Waals surface area contributed by atoms with Gasteiger partial charge in [0.05, 0.1) is 0 Å². The van der Waals surface area contributed by atoms with E-state index in [1.54, 1.807) is 0 Å². The lowest BCUT2D eigenvalue weighted by atomic mass is 9.83. The van der Waals surface area contributed by atoms with E-state index in [9.17, 15) is 0 Å². The average Bonchev–Trinajstić information content (AvgIpc) is 2.31. The predicted molar refractivity (Wildman–Crippen MR) is 75.9 cm³/mol. The van der Waals surface area contributed by atoms with E-state index in [1.807, 2.05) is 0 Å². The van der Waals surface area contributed by atoms with Crippen molar-refractivity contribution in [3.8, 4) is 11.8 Å². The maximum Gasteiger partial charge on any atom is 0.0203 e. The van der Waals surface area contributed by atoms with Crippen LogP contribution in [0, 0.1) is 23.7 Å². The van der Waals surface area contributed by atoms with Gasteiger partial charge in [0.2, 0.25) is 0 Å². The summed E-state index contributed by atoms with van der Waals surface area (Å²) in [6.07, 6.45) is 9.01. The lowest BCUT2D eigenvalue weighted by Gasteiger charge is -2.22. The van der Waals surface area contributed by atoms with Crippen molar-refractivity contribution in [2.45, 2.75) is 58.8 Å². The fourth-order valence-corrected chi connectivity index (χ4v) is 2.55.